The zero-order valence-electron chi connectivity index (χ0n) is 16.2. The van der Waals surface area contributed by atoms with Gasteiger partial charge in [-0.1, -0.05) is 0 Å². The van der Waals surface area contributed by atoms with Gasteiger partial charge in [-0.3, -0.25) is 4.79 Å². The molecule has 1 aromatic carbocycles. The maximum atomic E-state index is 13.7. The number of hydrogen-bond acceptors (Lipinski definition) is 4. The number of anilines is 1. The third kappa shape index (κ3) is 4.53. The molecule has 0 fully saturated rings. The summed E-state index contributed by atoms with van der Waals surface area (Å²) in [7, 11) is 0. The summed E-state index contributed by atoms with van der Waals surface area (Å²) in [5.74, 6) is -2.34. The van der Waals surface area contributed by atoms with Crippen LogP contribution < -0.4 is 5.32 Å². The minimum atomic E-state index is -1.18. The molecule has 3 rings (SSSR count). The van der Waals surface area contributed by atoms with Crippen LogP contribution in [-0.4, -0.2) is 22.5 Å². The molecule has 3 aromatic rings. The quantitative estimate of drug-likeness (QED) is 0.627. The third-order valence-electron chi connectivity index (χ3n) is 4.53. The van der Waals surface area contributed by atoms with Gasteiger partial charge in [0.2, 0.25) is 0 Å². The number of furan rings is 1. The topological polar surface area (TPSA) is 73.5 Å². The minimum Gasteiger partial charge on any atom is -0.467 e. The summed E-state index contributed by atoms with van der Waals surface area (Å²) in [6.07, 6.45) is 0.392. The van der Waals surface area contributed by atoms with Crippen molar-refractivity contribution in [2.24, 2.45) is 0 Å². The molecule has 8 heteroatoms. The smallest absolute Gasteiger partial charge is 0.340 e. The van der Waals surface area contributed by atoms with Crippen molar-refractivity contribution in [3.63, 3.8) is 0 Å². The molecule has 0 aliphatic heterocycles. The lowest BCUT2D eigenvalue weighted by Crippen LogP contribution is -2.30. The van der Waals surface area contributed by atoms with Crippen LogP contribution in [-0.2, 0) is 16.1 Å². The lowest BCUT2D eigenvalue weighted by Gasteiger charge is -2.14. The third-order valence-corrected chi connectivity index (χ3v) is 4.53. The number of halogens is 2. The van der Waals surface area contributed by atoms with Crippen LogP contribution in [0.1, 0.15) is 34.4 Å². The number of aromatic nitrogens is 1. The van der Waals surface area contributed by atoms with E-state index in [1.165, 1.54) is 6.92 Å². The minimum absolute atomic E-state index is 0.198. The summed E-state index contributed by atoms with van der Waals surface area (Å²) in [6, 6.07) is 8.05. The number of carbonyl (C=O) groups excluding carboxylic acids is 2. The normalized spacial score (nSPS) is 11.9. The fourth-order valence-corrected chi connectivity index (χ4v) is 2.91. The number of esters is 1. The van der Waals surface area contributed by atoms with Crippen LogP contribution in [0.5, 0.6) is 0 Å². The Morgan fingerprint density at radius 2 is 1.97 bits per heavy atom. The molecular weight excluding hydrogens is 382 g/mol. The van der Waals surface area contributed by atoms with E-state index in [1.807, 2.05) is 17.6 Å². The molecule has 0 saturated carbocycles. The van der Waals surface area contributed by atoms with Crippen molar-refractivity contribution in [1.82, 2.24) is 4.57 Å². The van der Waals surface area contributed by atoms with Gasteiger partial charge in [-0.2, -0.15) is 0 Å². The van der Waals surface area contributed by atoms with Crippen molar-refractivity contribution in [3.8, 4) is 0 Å². The SMILES string of the molecule is Cc1cc(C(=O)O[C@@H](C)C(=O)Nc2ccc(F)cc2F)c(C)n1Cc1ccco1. The molecule has 1 amide bonds. The molecule has 29 heavy (non-hydrogen) atoms. The van der Waals surface area contributed by atoms with Crippen LogP contribution in [0, 0.1) is 25.5 Å². The van der Waals surface area contributed by atoms with E-state index in [-0.39, 0.29) is 5.69 Å². The van der Waals surface area contributed by atoms with E-state index in [1.54, 1.807) is 25.3 Å². The highest BCUT2D eigenvalue weighted by atomic mass is 19.1. The Labute approximate surface area is 166 Å². The molecule has 152 valence electrons. The van der Waals surface area contributed by atoms with Crippen molar-refractivity contribution >= 4 is 17.6 Å². The van der Waals surface area contributed by atoms with Crippen LogP contribution in [0.15, 0.2) is 47.1 Å². The Hall–Kier alpha value is -3.42. The van der Waals surface area contributed by atoms with Gasteiger partial charge in [0.05, 0.1) is 24.1 Å². The van der Waals surface area contributed by atoms with Crippen LogP contribution in [0.3, 0.4) is 0 Å². The lowest BCUT2D eigenvalue weighted by atomic mass is 10.2. The summed E-state index contributed by atoms with van der Waals surface area (Å²) in [6.45, 7) is 5.44. The van der Waals surface area contributed by atoms with Gasteiger partial charge in [-0.05, 0) is 51.1 Å². The first-order valence-corrected chi connectivity index (χ1v) is 8.92. The Morgan fingerprint density at radius 1 is 1.21 bits per heavy atom. The zero-order chi connectivity index (χ0) is 21.1. The highest BCUT2D eigenvalue weighted by Gasteiger charge is 2.23. The van der Waals surface area contributed by atoms with Gasteiger partial charge in [-0.15, -0.1) is 0 Å². The number of nitrogens with zero attached hydrogens (tertiary/aromatic N) is 1. The van der Waals surface area contributed by atoms with Crippen molar-refractivity contribution in [2.45, 2.75) is 33.4 Å². The lowest BCUT2D eigenvalue weighted by molar-refractivity contribution is -0.123. The van der Waals surface area contributed by atoms with E-state index in [4.69, 9.17) is 9.15 Å². The van der Waals surface area contributed by atoms with Gasteiger partial charge < -0.3 is 19.0 Å². The first-order chi connectivity index (χ1) is 13.8. The van der Waals surface area contributed by atoms with Crippen LogP contribution in [0.2, 0.25) is 0 Å². The second-order valence-electron chi connectivity index (χ2n) is 6.61. The summed E-state index contributed by atoms with van der Waals surface area (Å²) >= 11 is 0. The molecule has 2 heterocycles. The summed E-state index contributed by atoms with van der Waals surface area (Å²) in [5.41, 5.74) is 1.62. The largest absolute Gasteiger partial charge is 0.467 e. The Bertz CT molecular complexity index is 1040. The van der Waals surface area contributed by atoms with Crippen LogP contribution in [0.25, 0.3) is 0 Å². The number of nitrogens with one attached hydrogen (secondary N) is 1. The molecule has 0 bridgehead atoms. The molecule has 0 aliphatic carbocycles. The van der Waals surface area contributed by atoms with Crippen LogP contribution >= 0.6 is 0 Å². The number of benzene rings is 1. The highest BCUT2D eigenvalue weighted by molar-refractivity contribution is 5.97. The molecule has 1 N–H and O–H groups in total. The van der Waals surface area contributed by atoms with Gasteiger partial charge in [-0.25, -0.2) is 13.6 Å². The van der Waals surface area contributed by atoms with Crippen molar-refractivity contribution < 1.29 is 27.5 Å². The second kappa shape index (κ2) is 8.30. The number of hydrogen-bond donors (Lipinski definition) is 1. The Kier molecular flexibility index (Phi) is 5.81. The van der Waals surface area contributed by atoms with E-state index in [9.17, 15) is 18.4 Å². The average molecular weight is 402 g/mol. The predicted molar refractivity (Wildman–Crippen MR) is 102 cm³/mol. The maximum absolute atomic E-state index is 13.7. The van der Waals surface area contributed by atoms with E-state index in [0.717, 1.165) is 23.6 Å². The predicted octanol–water partition coefficient (Wildman–Crippen LogP) is 4.21. The number of rotatable bonds is 6. The standard InChI is InChI=1S/C21H20F2N2O4/c1-12-9-17(13(2)25(12)11-16-5-4-8-28-16)21(27)29-14(3)20(26)24-19-7-6-15(22)10-18(19)23/h4-10,14H,11H2,1-3H3,(H,24,26)/t14-/m0/s1. The number of ether oxygens (including phenoxy) is 1. The first-order valence-electron chi connectivity index (χ1n) is 8.92. The molecule has 0 aliphatic rings. The van der Waals surface area contributed by atoms with E-state index < -0.39 is 29.6 Å². The van der Waals surface area contributed by atoms with E-state index in [0.29, 0.717) is 23.9 Å². The molecular formula is C21H20F2N2O4. The Balaban J connectivity index is 1.68. The zero-order valence-corrected chi connectivity index (χ0v) is 16.2. The molecule has 6 nitrogen and oxygen atoms in total. The van der Waals surface area contributed by atoms with E-state index >= 15 is 0 Å². The number of carbonyl (C=O) groups is 2. The van der Waals surface area contributed by atoms with Crippen molar-refractivity contribution in [3.05, 3.63) is 77.0 Å². The van der Waals surface area contributed by atoms with Gasteiger partial charge in [0, 0.05) is 17.5 Å². The molecule has 0 radical (unpaired) electrons. The molecule has 0 unspecified atom stereocenters. The van der Waals surface area contributed by atoms with Gasteiger partial charge in [0.1, 0.15) is 17.4 Å². The van der Waals surface area contributed by atoms with Crippen molar-refractivity contribution in [2.75, 3.05) is 5.32 Å². The first kappa shape index (κ1) is 20.3. The Morgan fingerprint density at radius 3 is 2.62 bits per heavy atom. The summed E-state index contributed by atoms with van der Waals surface area (Å²) in [5, 5.41) is 2.28. The molecule has 0 spiro atoms. The summed E-state index contributed by atoms with van der Waals surface area (Å²) < 4.78 is 39.1. The molecule has 1 atom stereocenters. The fourth-order valence-electron chi connectivity index (χ4n) is 2.91. The van der Waals surface area contributed by atoms with Crippen molar-refractivity contribution in [1.29, 1.82) is 0 Å². The molecule has 0 saturated heterocycles. The average Bonchev–Trinajstić information content (AvgIpc) is 3.27. The monoisotopic (exact) mass is 402 g/mol. The fraction of sp³-hybridized carbons (Fsp3) is 0.238. The number of amides is 1. The highest BCUT2D eigenvalue weighted by Crippen LogP contribution is 2.20. The second-order valence-corrected chi connectivity index (χ2v) is 6.61. The van der Waals surface area contributed by atoms with Gasteiger partial charge in [0.25, 0.3) is 5.91 Å². The summed E-state index contributed by atoms with van der Waals surface area (Å²) in [4.78, 5) is 24.8. The molecule has 2 aromatic heterocycles. The van der Waals surface area contributed by atoms with E-state index in [2.05, 4.69) is 5.32 Å². The van der Waals surface area contributed by atoms with Gasteiger partial charge >= 0.3 is 5.97 Å². The van der Waals surface area contributed by atoms with Crippen LogP contribution in [0.4, 0.5) is 14.5 Å². The van der Waals surface area contributed by atoms with Gasteiger partial charge in [0.15, 0.2) is 6.10 Å². The number of aryl methyl sites for hydroxylation is 1. The maximum Gasteiger partial charge on any atom is 0.340 e.